The molecule has 0 radical (unpaired) electrons. The number of thiazole rings is 1. The van der Waals surface area contributed by atoms with E-state index >= 15 is 0 Å². The van der Waals surface area contributed by atoms with Crippen molar-refractivity contribution >= 4 is 28.3 Å². The largest absolute Gasteiger partial charge is 0.347 e. The molecule has 0 spiro atoms. The van der Waals surface area contributed by atoms with Gasteiger partial charge in [-0.25, -0.2) is 4.98 Å². The van der Waals surface area contributed by atoms with Gasteiger partial charge >= 0.3 is 0 Å². The minimum absolute atomic E-state index is 0.00448. The highest BCUT2D eigenvalue weighted by molar-refractivity contribution is 7.13. The molecule has 7 heteroatoms. The molecule has 0 saturated carbocycles. The van der Waals surface area contributed by atoms with Gasteiger partial charge in [0.05, 0.1) is 12.2 Å². The molecule has 2 N–H and O–H groups in total. The van der Waals surface area contributed by atoms with E-state index in [0.29, 0.717) is 17.5 Å². The zero-order valence-electron chi connectivity index (χ0n) is 15.5. The Hall–Kier alpha value is -1.47. The molecule has 6 nitrogen and oxygen atoms in total. The van der Waals surface area contributed by atoms with Gasteiger partial charge in [0.1, 0.15) is 0 Å². The van der Waals surface area contributed by atoms with E-state index in [2.05, 4.69) is 41.3 Å². The van der Waals surface area contributed by atoms with E-state index in [1.54, 1.807) is 0 Å². The van der Waals surface area contributed by atoms with Crippen molar-refractivity contribution in [1.82, 2.24) is 15.2 Å². The van der Waals surface area contributed by atoms with Crippen LogP contribution in [0.5, 0.6) is 0 Å². The van der Waals surface area contributed by atoms with Crippen LogP contribution in [0.2, 0.25) is 0 Å². The predicted molar refractivity (Wildman–Crippen MR) is 102 cm³/mol. The number of likely N-dealkylation sites (tertiary alicyclic amines) is 1. The summed E-state index contributed by atoms with van der Waals surface area (Å²) in [4.78, 5) is 30.5. The van der Waals surface area contributed by atoms with Crippen LogP contribution in [-0.4, -0.2) is 41.3 Å². The number of amides is 2. The molecule has 1 aromatic rings. The molecule has 2 amide bonds. The highest BCUT2D eigenvalue weighted by Crippen LogP contribution is 2.20. The van der Waals surface area contributed by atoms with Crippen LogP contribution >= 0.6 is 11.3 Å². The molecule has 1 unspecified atom stereocenters. The minimum Gasteiger partial charge on any atom is -0.347 e. The van der Waals surface area contributed by atoms with Crippen molar-refractivity contribution in [2.45, 2.75) is 53.0 Å². The van der Waals surface area contributed by atoms with Crippen LogP contribution in [-0.2, 0) is 16.1 Å². The van der Waals surface area contributed by atoms with Gasteiger partial charge in [-0.2, -0.15) is 0 Å². The average molecular weight is 367 g/mol. The summed E-state index contributed by atoms with van der Waals surface area (Å²) in [7, 11) is 0. The first kappa shape index (κ1) is 19.8. The monoisotopic (exact) mass is 366 g/mol. The first-order chi connectivity index (χ1) is 11.9. The Bertz CT molecular complexity index is 573. The molecule has 2 rings (SSSR count). The van der Waals surface area contributed by atoms with Gasteiger partial charge in [0, 0.05) is 24.9 Å². The number of carbonyl (C=O) groups excluding carboxylic acids is 2. The fourth-order valence-electron chi connectivity index (χ4n) is 2.95. The van der Waals surface area contributed by atoms with Crippen molar-refractivity contribution in [3.05, 3.63) is 11.1 Å². The second-order valence-electron chi connectivity index (χ2n) is 7.38. The number of piperidine rings is 1. The Morgan fingerprint density at radius 2 is 2.20 bits per heavy atom. The Kier molecular flexibility index (Phi) is 7.84. The van der Waals surface area contributed by atoms with E-state index in [1.807, 2.05) is 5.38 Å². The van der Waals surface area contributed by atoms with Gasteiger partial charge in [0.2, 0.25) is 11.8 Å². The molecule has 0 aliphatic carbocycles. The lowest BCUT2D eigenvalue weighted by atomic mass is 10.0. The molecule has 0 bridgehead atoms. The quantitative estimate of drug-likeness (QED) is 0.742. The molecule has 140 valence electrons. The lowest BCUT2D eigenvalue weighted by molar-refractivity contribution is -0.124. The summed E-state index contributed by atoms with van der Waals surface area (Å²) in [6, 6.07) is 0. The average Bonchev–Trinajstić information content (AvgIpc) is 2.97. The Labute approximate surface area is 154 Å². The number of carbonyl (C=O) groups is 2. The summed E-state index contributed by atoms with van der Waals surface area (Å²) in [5.74, 6) is 0.912. The van der Waals surface area contributed by atoms with Crippen LogP contribution in [0, 0.1) is 11.8 Å². The molecular formula is C18H30N4O2S. The molecule has 0 aromatic carbocycles. The van der Waals surface area contributed by atoms with Gasteiger partial charge in [0.25, 0.3) is 0 Å². The van der Waals surface area contributed by atoms with Crippen LogP contribution in [0.1, 0.15) is 52.1 Å². The maximum absolute atomic E-state index is 11.9. The molecule has 1 fully saturated rings. The van der Waals surface area contributed by atoms with Gasteiger partial charge in [-0.3, -0.25) is 14.5 Å². The first-order valence-electron chi connectivity index (χ1n) is 9.15. The third-order valence-corrected chi connectivity index (χ3v) is 5.13. The predicted octanol–water partition coefficient (Wildman–Crippen LogP) is 2.87. The third kappa shape index (κ3) is 7.52. The number of nitrogens with zero attached hydrogens (tertiary/aromatic N) is 2. The van der Waals surface area contributed by atoms with E-state index in [-0.39, 0.29) is 18.4 Å². The lowest BCUT2D eigenvalue weighted by Gasteiger charge is -2.30. The SMILES string of the molecule is CC(C)CCC(=O)NCC(=O)Nc1nc(CN2CCCC(C)C2)cs1. The second-order valence-corrected chi connectivity index (χ2v) is 8.24. The van der Waals surface area contributed by atoms with Gasteiger partial charge in [0.15, 0.2) is 5.13 Å². The highest BCUT2D eigenvalue weighted by Gasteiger charge is 2.17. The summed E-state index contributed by atoms with van der Waals surface area (Å²) in [5, 5.41) is 8.01. The van der Waals surface area contributed by atoms with Crippen LogP contribution in [0.25, 0.3) is 0 Å². The van der Waals surface area contributed by atoms with Crippen LogP contribution < -0.4 is 10.6 Å². The van der Waals surface area contributed by atoms with Gasteiger partial charge in [-0.15, -0.1) is 11.3 Å². The highest BCUT2D eigenvalue weighted by atomic mass is 32.1. The standard InChI is InChI=1S/C18H30N4O2S/c1-13(2)6-7-16(23)19-9-17(24)21-18-20-15(12-25-18)11-22-8-4-5-14(3)10-22/h12-14H,4-11H2,1-3H3,(H,19,23)(H,20,21,24). The molecule has 1 atom stereocenters. The zero-order chi connectivity index (χ0) is 18.2. The fourth-order valence-corrected chi connectivity index (χ4v) is 3.66. The first-order valence-corrected chi connectivity index (χ1v) is 10.0. The summed E-state index contributed by atoms with van der Waals surface area (Å²) >= 11 is 1.43. The fraction of sp³-hybridized carbons (Fsp3) is 0.722. The number of rotatable bonds is 8. The number of nitrogens with one attached hydrogen (secondary N) is 2. The molecular weight excluding hydrogens is 336 g/mol. The zero-order valence-corrected chi connectivity index (χ0v) is 16.3. The van der Waals surface area contributed by atoms with Crippen molar-refractivity contribution in [2.24, 2.45) is 11.8 Å². The maximum Gasteiger partial charge on any atom is 0.245 e. The maximum atomic E-state index is 11.9. The number of aromatic nitrogens is 1. The molecule has 1 aliphatic heterocycles. The van der Waals surface area contributed by atoms with Crippen molar-refractivity contribution in [2.75, 3.05) is 25.0 Å². The summed E-state index contributed by atoms with van der Waals surface area (Å²) in [5.41, 5.74) is 0.996. The molecule has 25 heavy (non-hydrogen) atoms. The smallest absolute Gasteiger partial charge is 0.245 e. The molecule has 1 aromatic heterocycles. The van der Waals surface area contributed by atoms with Crippen molar-refractivity contribution in [3.8, 4) is 0 Å². The van der Waals surface area contributed by atoms with Gasteiger partial charge in [-0.05, 0) is 37.6 Å². The van der Waals surface area contributed by atoms with Gasteiger partial charge < -0.3 is 10.6 Å². The van der Waals surface area contributed by atoms with Crippen LogP contribution in [0.4, 0.5) is 5.13 Å². The third-order valence-electron chi connectivity index (χ3n) is 4.32. The van der Waals surface area contributed by atoms with E-state index in [0.717, 1.165) is 37.7 Å². The van der Waals surface area contributed by atoms with Gasteiger partial charge in [-0.1, -0.05) is 20.8 Å². The lowest BCUT2D eigenvalue weighted by Crippen LogP contribution is -2.34. The van der Waals surface area contributed by atoms with Crippen LogP contribution in [0.15, 0.2) is 5.38 Å². The van der Waals surface area contributed by atoms with Crippen molar-refractivity contribution in [3.63, 3.8) is 0 Å². The van der Waals surface area contributed by atoms with E-state index in [1.165, 1.54) is 24.2 Å². The summed E-state index contributed by atoms with van der Waals surface area (Å²) < 4.78 is 0. The minimum atomic E-state index is -0.231. The summed E-state index contributed by atoms with van der Waals surface area (Å²) in [6.45, 7) is 9.50. The van der Waals surface area contributed by atoms with E-state index in [9.17, 15) is 9.59 Å². The number of anilines is 1. The normalized spacial score (nSPS) is 18.3. The molecule has 1 saturated heterocycles. The van der Waals surface area contributed by atoms with Crippen molar-refractivity contribution in [1.29, 1.82) is 0 Å². The number of hydrogen-bond donors (Lipinski definition) is 2. The second kappa shape index (κ2) is 9.87. The van der Waals surface area contributed by atoms with E-state index < -0.39 is 0 Å². The molecule has 2 heterocycles. The summed E-state index contributed by atoms with van der Waals surface area (Å²) in [6.07, 6.45) is 3.84. The Balaban J connectivity index is 1.71. The Morgan fingerprint density at radius 1 is 1.40 bits per heavy atom. The number of hydrogen-bond acceptors (Lipinski definition) is 5. The Morgan fingerprint density at radius 3 is 2.92 bits per heavy atom. The molecule has 1 aliphatic rings. The topological polar surface area (TPSA) is 74.3 Å². The van der Waals surface area contributed by atoms with Crippen molar-refractivity contribution < 1.29 is 9.59 Å². The van der Waals surface area contributed by atoms with E-state index in [4.69, 9.17) is 0 Å². The van der Waals surface area contributed by atoms with Crippen LogP contribution in [0.3, 0.4) is 0 Å².